The SMILES string of the molecule is Cn1nccc1C(=O)N1CCn2c(-c3ccsc3)cnc2C1. The number of fused-ring (bicyclic) bond motifs is 1. The number of imidazole rings is 1. The van der Waals surface area contributed by atoms with Crippen molar-refractivity contribution in [1.29, 1.82) is 0 Å². The van der Waals surface area contributed by atoms with Crippen LogP contribution in [0.5, 0.6) is 0 Å². The summed E-state index contributed by atoms with van der Waals surface area (Å²) in [5, 5.41) is 8.25. The van der Waals surface area contributed by atoms with Crippen molar-refractivity contribution in [3.8, 4) is 11.3 Å². The van der Waals surface area contributed by atoms with Crippen LogP contribution in [0.25, 0.3) is 11.3 Å². The molecule has 1 amide bonds. The molecule has 0 saturated heterocycles. The molecule has 3 aromatic heterocycles. The highest BCUT2D eigenvalue weighted by Crippen LogP contribution is 2.26. The first kappa shape index (κ1) is 13.3. The molecule has 0 spiro atoms. The molecule has 0 unspecified atom stereocenters. The van der Waals surface area contributed by atoms with Crippen LogP contribution >= 0.6 is 11.3 Å². The molecule has 6 nitrogen and oxygen atoms in total. The van der Waals surface area contributed by atoms with E-state index in [0.717, 1.165) is 18.1 Å². The number of thiophene rings is 1. The molecular weight excluding hydrogens is 298 g/mol. The zero-order valence-electron chi connectivity index (χ0n) is 12.1. The molecule has 1 aliphatic heterocycles. The first-order valence-electron chi connectivity index (χ1n) is 7.08. The Balaban J connectivity index is 1.61. The van der Waals surface area contributed by atoms with Gasteiger partial charge in [0.1, 0.15) is 11.5 Å². The lowest BCUT2D eigenvalue weighted by Gasteiger charge is -2.28. The molecule has 22 heavy (non-hydrogen) atoms. The number of nitrogens with zero attached hydrogens (tertiary/aromatic N) is 5. The summed E-state index contributed by atoms with van der Waals surface area (Å²) in [7, 11) is 1.78. The number of hydrogen-bond donors (Lipinski definition) is 0. The number of carbonyl (C=O) groups excluding carboxylic acids is 1. The lowest BCUT2D eigenvalue weighted by atomic mass is 10.2. The van der Waals surface area contributed by atoms with Crippen LogP contribution in [0.1, 0.15) is 16.3 Å². The summed E-state index contributed by atoms with van der Waals surface area (Å²) in [6.07, 6.45) is 3.54. The van der Waals surface area contributed by atoms with Crippen molar-refractivity contribution in [2.24, 2.45) is 7.05 Å². The van der Waals surface area contributed by atoms with Crippen molar-refractivity contribution in [1.82, 2.24) is 24.2 Å². The van der Waals surface area contributed by atoms with E-state index in [-0.39, 0.29) is 5.91 Å². The first-order valence-corrected chi connectivity index (χ1v) is 8.02. The molecule has 112 valence electrons. The third-order valence-corrected chi connectivity index (χ3v) is 4.69. The topological polar surface area (TPSA) is 56.0 Å². The second kappa shape index (κ2) is 5.10. The van der Waals surface area contributed by atoms with Gasteiger partial charge < -0.3 is 9.47 Å². The summed E-state index contributed by atoms with van der Waals surface area (Å²) < 4.78 is 3.81. The van der Waals surface area contributed by atoms with E-state index in [4.69, 9.17) is 0 Å². The second-order valence-electron chi connectivity index (χ2n) is 5.29. The van der Waals surface area contributed by atoms with Crippen LogP contribution in [-0.4, -0.2) is 36.7 Å². The van der Waals surface area contributed by atoms with Gasteiger partial charge in [0.05, 0.1) is 18.4 Å². The third kappa shape index (κ3) is 2.05. The summed E-state index contributed by atoms with van der Waals surface area (Å²) in [5.74, 6) is 0.939. The molecule has 4 heterocycles. The summed E-state index contributed by atoms with van der Waals surface area (Å²) in [5.41, 5.74) is 2.93. The predicted octanol–water partition coefficient (Wildman–Crippen LogP) is 2.00. The second-order valence-corrected chi connectivity index (χ2v) is 6.07. The maximum atomic E-state index is 12.6. The molecule has 0 aliphatic carbocycles. The highest BCUT2D eigenvalue weighted by atomic mass is 32.1. The van der Waals surface area contributed by atoms with E-state index >= 15 is 0 Å². The summed E-state index contributed by atoms with van der Waals surface area (Å²) in [6.45, 7) is 1.99. The Labute approximate surface area is 131 Å². The average Bonchev–Trinajstić information content (AvgIpc) is 3.25. The van der Waals surface area contributed by atoms with Crippen molar-refractivity contribution >= 4 is 17.2 Å². The molecule has 4 rings (SSSR count). The Morgan fingerprint density at radius 1 is 1.32 bits per heavy atom. The summed E-state index contributed by atoms with van der Waals surface area (Å²) in [4.78, 5) is 18.9. The van der Waals surface area contributed by atoms with Crippen LogP contribution in [0.3, 0.4) is 0 Å². The molecule has 0 fully saturated rings. The summed E-state index contributed by atoms with van der Waals surface area (Å²) >= 11 is 1.68. The molecule has 0 radical (unpaired) electrons. The van der Waals surface area contributed by atoms with E-state index in [0.29, 0.717) is 18.8 Å². The Hall–Kier alpha value is -2.41. The van der Waals surface area contributed by atoms with Gasteiger partial charge in [-0.25, -0.2) is 4.98 Å². The van der Waals surface area contributed by atoms with Gasteiger partial charge in [-0.05, 0) is 17.5 Å². The van der Waals surface area contributed by atoms with E-state index in [1.165, 1.54) is 5.56 Å². The van der Waals surface area contributed by atoms with Gasteiger partial charge in [0, 0.05) is 37.3 Å². The Kier molecular flexibility index (Phi) is 3.07. The van der Waals surface area contributed by atoms with E-state index in [9.17, 15) is 4.79 Å². The lowest BCUT2D eigenvalue weighted by Crippen LogP contribution is -2.39. The first-order chi connectivity index (χ1) is 10.7. The van der Waals surface area contributed by atoms with Crippen LogP contribution in [0.4, 0.5) is 0 Å². The van der Waals surface area contributed by atoms with Crippen LogP contribution in [-0.2, 0) is 20.1 Å². The van der Waals surface area contributed by atoms with Crippen molar-refractivity contribution in [3.63, 3.8) is 0 Å². The minimum Gasteiger partial charge on any atom is -0.328 e. The lowest BCUT2D eigenvalue weighted by molar-refractivity contribution is 0.0697. The minimum absolute atomic E-state index is 0.00586. The molecule has 0 N–H and O–H groups in total. The standard InChI is InChI=1S/C15H15N5OS/c1-18-12(2-4-17-18)15(21)19-5-6-20-13(8-16-14(20)9-19)11-3-7-22-10-11/h2-4,7-8,10H,5-6,9H2,1H3. The van der Waals surface area contributed by atoms with Gasteiger partial charge in [-0.15, -0.1) is 0 Å². The third-order valence-electron chi connectivity index (χ3n) is 4.01. The van der Waals surface area contributed by atoms with Crippen LogP contribution < -0.4 is 0 Å². The van der Waals surface area contributed by atoms with E-state index in [1.807, 2.05) is 11.1 Å². The van der Waals surface area contributed by atoms with Gasteiger partial charge in [0.2, 0.25) is 0 Å². The van der Waals surface area contributed by atoms with Crippen LogP contribution in [0.15, 0.2) is 35.3 Å². The van der Waals surface area contributed by atoms with E-state index < -0.39 is 0 Å². The Morgan fingerprint density at radius 2 is 2.23 bits per heavy atom. The minimum atomic E-state index is 0.00586. The molecule has 3 aromatic rings. The average molecular weight is 313 g/mol. The molecule has 0 atom stereocenters. The molecule has 0 bridgehead atoms. The van der Waals surface area contributed by atoms with E-state index in [1.54, 1.807) is 35.3 Å². The number of hydrogen-bond acceptors (Lipinski definition) is 4. The maximum Gasteiger partial charge on any atom is 0.272 e. The number of aromatic nitrogens is 4. The number of carbonyl (C=O) groups is 1. The Morgan fingerprint density at radius 3 is 2.95 bits per heavy atom. The van der Waals surface area contributed by atoms with Gasteiger partial charge >= 0.3 is 0 Å². The number of amides is 1. The van der Waals surface area contributed by atoms with Crippen molar-refractivity contribution in [3.05, 3.63) is 46.8 Å². The molecule has 0 aromatic carbocycles. The smallest absolute Gasteiger partial charge is 0.272 e. The normalized spacial score (nSPS) is 14.1. The van der Waals surface area contributed by atoms with Crippen molar-refractivity contribution in [2.75, 3.05) is 6.54 Å². The molecule has 0 saturated carbocycles. The maximum absolute atomic E-state index is 12.6. The fourth-order valence-corrected chi connectivity index (χ4v) is 3.47. The zero-order chi connectivity index (χ0) is 15.1. The highest BCUT2D eigenvalue weighted by molar-refractivity contribution is 7.08. The van der Waals surface area contributed by atoms with Gasteiger partial charge in [-0.1, -0.05) is 0 Å². The molecular formula is C15H15N5OS. The quantitative estimate of drug-likeness (QED) is 0.727. The largest absolute Gasteiger partial charge is 0.328 e. The van der Waals surface area contributed by atoms with E-state index in [2.05, 4.69) is 31.5 Å². The van der Waals surface area contributed by atoms with Gasteiger partial charge in [0.25, 0.3) is 5.91 Å². The highest BCUT2D eigenvalue weighted by Gasteiger charge is 2.26. The summed E-state index contributed by atoms with van der Waals surface area (Å²) in [6, 6.07) is 3.85. The molecule has 1 aliphatic rings. The van der Waals surface area contributed by atoms with Crippen molar-refractivity contribution < 1.29 is 4.79 Å². The number of rotatable bonds is 2. The van der Waals surface area contributed by atoms with Gasteiger partial charge in [-0.2, -0.15) is 16.4 Å². The predicted molar refractivity (Wildman–Crippen MR) is 83.5 cm³/mol. The fourth-order valence-electron chi connectivity index (χ4n) is 2.82. The monoisotopic (exact) mass is 313 g/mol. The zero-order valence-corrected chi connectivity index (χ0v) is 13.0. The number of aryl methyl sites for hydroxylation is 1. The van der Waals surface area contributed by atoms with Crippen molar-refractivity contribution in [2.45, 2.75) is 13.1 Å². The fraction of sp³-hybridized carbons (Fsp3) is 0.267. The van der Waals surface area contributed by atoms with Crippen LogP contribution in [0, 0.1) is 0 Å². The Bertz CT molecular complexity index is 817. The van der Waals surface area contributed by atoms with Crippen LogP contribution in [0.2, 0.25) is 0 Å². The molecule has 7 heteroatoms. The van der Waals surface area contributed by atoms with Gasteiger partial charge in [-0.3, -0.25) is 9.48 Å². The van der Waals surface area contributed by atoms with Gasteiger partial charge in [0.15, 0.2) is 0 Å².